The molecule has 5 heteroatoms. The molecule has 2 aromatic rings. The Hall–Kier alpha value is -2.10. The van der Waals surface area contributed by atoms with Crippen LogP contribution in [0.4, 0.5) is 5.69 Å². The van der Waals surface area contributed by atoms with Crippen LogP contribution in [0.3, 0.4) is 0 Å². The summed E-state index contributed by atoms with van der Waals surface area (Å²) in [7, 11) is 1.83. The Morgan fingerprint density at radius 3 is 2.55 bits per heavy atom. The van der Waals surface area contributed by atoms with Gasteiger partial charge in [0.05, 0.1) is 15.8 Å². The molecule has 0 spiro atoms. The monoisotopic (exact) mass is 454 g/mol. The van der Waals surface area contributed by atoms with Crippen molar-refractivity contribution in [1.29, 1.82) is 0 Å². The molecule has 0 saturated heterocycles. The number of allylic oxidation sites excluding steroid dienone is 2. The lowest BCUT2D eigenvalue weighted by Crippen LogP contribution is -2.18. The Morgan fingerprint density at radius 1 is 1.13 bits per heavy atom. The number of nitrogens with one attached hydrogen (secondary N) is 1. The second-order valence-corrected chi connectivity index (χ2v) is 9.31. The maximum Gasteiger partial charge on any atom is 0.224 e. The lowest BCUT2D eigenvalue weighted by atomic mass is 9.90. The molecule has 2 aromatic carbocycles. The summed E-state index contributed by atoms with van der Waals surface area (Å²) in [5, 5.41) is 4.25. The van der Waals surface area contributed by atoms with E-state index in [-0.39, 0.29) is 5.91 Å². The first-order valence-corrected chi connectivity index (χ1v) is 11.8. The highest BCUT2D eigenvalue weighted by Crippen LogP contribution is 2.40. The molecule has 1 saturated carbocycles. The first kappa shape index (κ1) is 22.1. The standard InChI is InChI=1S/C26H28Cl2N2O/c1-16(18-10-11-18)20(26(29-2)25-21(27)7-4-8-22(25)28)6-3-5-17-9-13-23-19(15-17)12-14-24(31)30-23/h4,7-9,13,15,18H,3,5-6,10-12,14H2,1-2H3,(H,30,31)/b20-16+,29-26?. The van der Waals surface area contributed by atoms with Gasteiger partial charge in [0.25, 0.3) is 0 Å². The van der Waals surface area contributed by atoms with Crippen molar-refractivity contribution in [2.75, 3.05) is 12.4 Å². The van der Waals surface area contributed by atoms with Crippen molar-refractivity contribution in [3.8, 4) is 0 Å². The number of hydrogen-bond acceptors (Lipinski definition) is 2. The second kappa shape index (κ2) is 9.58. The SMILES string of the molecule is CN=C(/C(CCCc1ccc2c(c1)CCC(=O)N2)=C(\C)C1CC1)c1c(Cl)cccc1Cl. The topological polar surface area (TPSA) is 41.5 Å². The minimum absolute atomic E-state index is 0.107. The fourth-order valence-corrected chi connectivity index (χ4v) is 5.02. The van der Waals surface area contributed by atoms with Crippen molar-refractivity contribution in [3.05, 3.63) is 74.3 Å². The number of anilines is 1. The van der Waals surface area contributed by atoms with E-state index in [0.29, 0.717) is 22.4 Å². The van der Waals surface area contributed by atoms with Crippen molar-refractivity contribution < 1.29 is 4.79 Å². The van der Waals surface area contributed by atoms with E-state index in [4.69, 9.17) is 23.2 Å². The zero-order valence-electron chi connectivity index (χ0n) is 18.1. The summed E-state index contributed by atoms with van der Waals surface area (Å²) in [5.41, 5.74) is 7.97. The van der Waals surface area contributed by atoms with E-state index >= 15 is 0 Å². The van der Waals surface area contributed by atoms with E-state index in [0.717, 1.165) is 42.6 Å². The number of nitrogens with zero attached hydrogens (tertiary/aromatic N) is 1. The third-order valence-corrected chi connectivity index (χ3v) is 6.96. The van der Waals surface area contributed by atoms with Gasteiger partial charge in [-0.25, -0.2) is 0 Å². The van der Waals surface area contributed by atoms with Gasteiger partial charge in [0.2, 0.25) is 5.91 Å². The fraction of sp³-hybridized carbons (Fsp3) is 0.385. The van der Waals surface area contributed by atoms with Crippen LogP contribution in [0.5, 0.6) is 0 Å². The molecule has 31 heavy (non-hydrogen) atoms. The number of benzene rings is 2. The molecular weight excluding hydrogens is 427 g/mol. The van der Waals surface area contributed by atoms with E-state index in [2.05, 4.69) is 29.4 Å². The maximum atomic E-state index is 11.6. The lowest BCUT2D eigenvalue weighted by Gasteiger charge is -2.19. The number of aliphatic imine (C=N–C) groups is 1. The molecule has 3 nitrogen and oxygen atoms in total. The highest BCUT2D eigenvalue weighted by molar-refractivity contribution is 6.41. The molecule has 1 heterocycles. The number of aryl methyl sites for hydroxylation is 2. The van der Waals surface area contributed by atoms with E-state index < -0.39 is 0 Å². The van der Waals surface area contributed by atoms with Gasteiger partial charge < -0.3 is 5.32 Å². The van der Waals surface area contributed by atoms with Gasteiger partial charge in [-0.05, 0) is 86.3 Å². The zero-order valence-corrected chi connectivity index (χ0v) is 19.6. The lowest BCUT2D eigenvalue weighted by molar-refractivity contribution is -0.116. The highest BCUT2D eigenvalue weighted by atomic mass is 35.5. The molecule has 162 valence electrons. The largest absolute Gasteiger partial charge is 0.326 e. The van der Waals surface area contributed by atoms with Gasteiger partial charge in [-0.1, -0.05) is 47.0 Å². The van der Waals surface area contributed by atoms with Crippen LogP contribution in [0.2, 0.25) is 10.0 Å². The molecule has 0 bridgehead atoms. The minimum Gasteiger partial charge on any atom is -0.326 e. The van der Waals surface area contributed by atoms with Crippen LogP contribution >= 0.6 is 23.2 Å². The predicted octanol–water partition coefficient (Wildman–Crippen LogP) is 7.05. The third-order valence-electron chi connectivity index (χ3n) is 6.33. The Morgan fingerprint density at radius 2 is 1.87 bits per heavy atom. The maximum absolute atomic E-state index is 11.6. The summed E-state index contributed by atoms with van der Waals surface area (Å²) < 4.78 is 0. The van der Waals surface area contributed by atoms with Crippen LogP contribution in [0, 0.1) is 5.92 Å². The molecular formula is C26H28Cl2N2O. The van der Waals surface area contributed by atoms with E-state index in [1.54, 1.807) is 0 Å². The van der Waals surface area contributed by atoms with Crippen molar-refractivity contribution in [2.45, 2.75) is 51.9 Å². The molecule has 2 aliphatic rings. The zero-order chi connectivity index (χ0) is 22.0. The van der Waals surface area contributed by atoms with Crippen LogP contribution in [0.1, 0.15) is 55.7 Å². The molecule has 0 aromatic heterocycles. The van der Waals surface area contributed by atoms with Crippen molar-refractivity contribution in [2.24, 2.45) is 10.9 Å². The number of rotatable bonds is 7. The number of carbonyl (C=O) groups excluding carboxylic acids is 1. The summed E-state index contributed by atoms with van der Waals surface area (Å²) in [6, 6.07) is 12.0. The Bertz CT molecular complexity index is 1050. The van der Waals surface area contributed by atoms with Gasteiger partial charge in [0, 0.05) is 24.7 Å². The molecule has 4 rings (SSSR count). The third kappa shape index (κ3) is 5.05. The van der Waals surface area contributed by atoms with Crippen molar-refractivity contribution >= 4 is 40.5 Å². The first-order chi connectivity index (χ1) is 15.0. The molecule has 0 atom stereocenters. The number of hydrogen-bond donors (Lipinski definition) is 1. The summed E-state index contributed by atoms with van der Waals surface area (Å²) in [4.78, 5) is 16.2. The van der Waals surface area contributed by atoms with Crippen molar-refractivity contribution in [1.82, 2.24) is 0 Å². The van der Waals surface area contributed by atoms with Crippen LogP contribution < -0.4 is 5.32 Å². The highest BCUT2D eigenvalue weighted by Gasteiger charge is 2.28. The number of carbonyl (C=O) groups is 1. The predicted molar refractivity (Wildman–Crippen MR) is 131 cm³/mol. The smallest absolute Gasteiger partial charge is 0.224 e. The summed E-state index contributed by atoms with van der Waals surface area (Å²) >= 11 is 13.1. The van der Waals surface area contributed by atoms with Crippen LogP contribution in [0.15, 0.2) is 52.5 Å². The van der Waals surface area contributed by atoms with Gasteiger partial charge in [-0.3, -0.25) is 9.79 Å². The van der Waals surface area contributed by atoms with Crippen molar-refractivity contribution in [3.63, 3.8) is 0 Å². The molecule has 1 N–H and O–H groups in total. The number of fused-ring (bicyclic) bond motifs is 1. The summed E-state index contributed by atoms with van der Waals surface area (Å²) in [5.74, 6) is 0.760. The van der Waals surface area contributed by atoms with Gasteiger partial charge in [0.15, 0.2) is 0 Å². The minimum atomic E-state index is 0.107. The molecule has 0 radical (unpaired) electrons. The van der Waals surface area contributed by atoms with Crippen LogP contribution in [-0.2, 0) is 17.6 Å². The van der Waals surface area contributed by atoms with Gasteiger partial charge in [0.1, 0.15) is 0 Å². The number of amides is 1. The van der Waals surface area contributed by atoms with E-state index in [1.165, 1.54) is 35.1 Å². The molecule has 1 aliphatic carbocycles. The molecule has 0 unspecified atom stereocenters. The fourth-order valence-electron chi connectivity index (χ4n) is 4.45. The van der Waals surface area contributed by atoms with E-state index in [9.17, 15) is 4.79 Å². The van der Waals surface area contributed by atoms with E-state index in [1.807, 2.05) is 31.3 Å². The average Bonchev–Trinajstić information content (AvgIpc) is 3.60. The molecule has 1 aliphatic heterocycles. The Kier molecular flexibility index (Phi) is 6.83. The first-order valence-electron chi connectivity index (χ1n) is 11.0. The second-order valence-electron chi connectivity index (χ2n) is 8.50. The number of halogens is 2. The average molecular weight is 455 g/mol. The summed E-state index contributed by atoms with van der Waals surface area (Å²) in [6.07, 6.45) is 6.82. The van der Waals surface area contributed by atoms with Gasteiger partial charge >= 0.3 is 0 Å². The quantitative estimate of drug-likeness (QED) is 0.447. The Labute approximate surface area is 194 Å². The van der Waals surface area contributed by atoms with Crippen LogP contribution in [0.25, 0.3) is 0 Å². The normalized spacial score (nSPS) is 17.2. The summed E-state index contributed by atoms with van der Waals surface area (Å²) in [6.45, 7) is 2.24. The molecule has 1 amide bonds. The molecule has 1 fully saturated rings. The van der Waals surface area contributed by atoms with Gasteiger partial charge in [-0.2, -0.15) is 0 Å². The van der Waals surface area contributed by atoms with Crippen LogP contribution in [-0.4, -0.2) is 18.7 Å². The van der Waals surface area contributed by atoms with Gasteiger partial charge in [-0.15, -0.1) is 0 Å². The Balaban J connectivity index is 1.54.